The summed E-state index contributed by atoms with van der Waals surface area (Å²) in [5.74, 6) is 1.61. The first-order valence-corrected chi connectivity index (χ1v) is 11.0. The summed E-state index contributed by atoms with van der Waals surface area (Å²) in [4.78, 5) is 12.4. The third kappa shape index (κ3) is 5.34. The Hall–Kier alpha value is -1.89. The molecule has 1 aromatic heterocycles. The maximum absolute atomic E-state index is 14.3. The smallest absolute Gasteiger partial charge is 0.230 e. The van der Waals surface area contributed by atoms with E-state index in [1.807, 2.05) is 4.57 Å². The maximum Gasteiger partial charge on any atom is 0.230 e. The normalized spacial score (nSPS) is 19.8. The molecule has 0 bridgehead atoms. The summed E-state index contributed by atoms with van der Waals surface area (Å²) in [7, 11) is 0. The van der Waals surface area contributed by atoms with Crippen LogP contribution in [0.3, 0.4) is 0 Å². The minimum atomic E-state index is -0.319. The van der Waals surface area contributed by atoms with Crippen molar-refractivity contribution in [3.8, 4) is 11.4 Å². The summed E-state index contributed by atoms with van der Waals surface area (Å²) < 4.78 is 16.2. The zero-order chi connectivity index (χ0) is 20.1. The third-order valence-electron chi connectivity index (χ3n) is 5.09. The summed E-state index contributed by atoms with van der Waals surface area (Å²) in [6.45, 7) is 7.12. The number of amides is 1. The Morgan fingerprint density at radius 2 is 1.96 bits per heavy atom. The second-order valence-corrected chi connectivity index (χ2v) is 9.05. The van der Waals surface area contributed by atoms with Gasteiger partial charge in [0.1, 0.15) is 5.82 Å². The van der Waals surface area contributed by atoms with E-state index < -0.39 is 0 Å². The van der Waals surface area contributed by atoms with Crippen LogP contribution < -0.4 is 5.32 Å². The fourth-order valence-corrected chi connectivity index (χ4v) is 4.33. The van der Waals surface area contributed by atoms with Gasteiger partial charge in [-0.15, -0.1) is 10.2 Å². The van der Waals surface area contributed by atoms with E-state index in [0.29, 0.717) is 34.8 Å². The molecule has 0 aliphatic heterocycles. The highest BCUT2D eigenvalue weighted by atomic mass is 32.2. The van der Waals surface area contributed by atoms with Gasteiger partial charge in [0.15, 0.2) is 11.0 Å². The summed E-state index contributed by atoms with van der Waals surface area (Å²) >= 11 is 1.36. The lowest BCUT2D eigenvalue weighted by molar-refractivity contribution is -0.119. The van der Waals surface area contributed by atoms with Crippen molar-refractivity contribution in [1.29, 1.82) is 0 Å². The summed E-state index contributed by atoms with van der Waals surface area (Å²) in [6.07, 6.45) is 4.46. The second kappa shape index (κ2) is 9.54. The average molecular weight is 405 g/mol. The zero-order valence-electron chi connectivity index (χ0n) is 16.8. The third-order valence-corrected chi connectivity index (χ3v) is 6.06. The number of carbonyl (C=O) groups excluding carboxylic acids is 1. The van der Waals surface area contributed by atoms with Gasteiger partial charge in [-0.3, -0.25) is 4.79 Å². The van der Waals surface area contributed by atoms with Crippen molar-refractivity contribution in [3.05, 3.63) is 30.1 Å². The van der Waals surface area contributed by atoms with Gasteiger partial charge in [0.2, 0.25) is 5.91 Å². The zero-order valence-corrected chi connectivity index (χ0v) is 17.6. The lowest BCUT2D eigenvalue weighted by Gasteiger charge is -2.26. The number of hydrogen-bond donors (Lipinski definition) is 1. The Labute approximate surface area is 170 Å². The van der Waals surface area contributed by atoms with E-state index in [2.05, 4.69) is 36.3 Å². The molecule has 1 heterocycles. The van der Waals surface area contributed by atoms with Crippen molar-refractivity contribution >= 4 is 17.7 Å². The molecule has 1 fully saturated rings. The van der Waals surface area contributed by atoms with Crippen LogP contribution in [0.15, 0.2) is 29.4 Å². The fraction of sp³-hybridized carbons (Fsp3) is 0.571. The number of halogens is 1. The molecule has 1 amide bonds. The van der Waals surface area contributed by atoms with Gasteiger partial charge in [0, 0.05) is 12.6 Å². The molecule has 1 aliphatic carbocycles. The molecule has 0 saturated heterocycles. The van der Waals surface area contributed by atoms with Crippen LogP contribution in [0.4, 0.5) is 4.39 Å². The molecule has 7 heteroatoms. The molecule has 1 aliphatic rings. The molecule has 0 unspecified atom stereocenters. The fourth-order valence-electron chi connectivity index (χ4n) is 3.57. The minimum absolute atomic E-state index is 0.0242. The highest BCUT2D eigenvalue weighted by molar-refractivity contribution is 7.99. The van der Waals surface area contributed by atoms with Gasteiger partial charge in [-0.05, 0) is 49.7 Å². The summed E-state index contributed by atoms with van der Waals surface area (Å²) in [6, 6.07) is 6.87. The number of rotatable bonds is 7. The molecule has 0 radical (unpaired) electrons. The molecule has 3 rings (SSSR count). The van der Waals surface area contributed by atoms with Crippen LogP contribution in [0.1, 0.15) is 46.5 Å². The van der Waals surface area contributed by atoms with Gasteiger partial charge >= 0.3 is 0 Å². The van der Waals surface area contributed by atoms with Crippen molar-refractivity contribution in [2.45, 2.75) is 64.2 Å². The van der Waals surface area contributed by atoms with E-state index in [1.165, 1.54) is 30.7 Å². The van der Waals surface area contributed by atoms with Gasteiger partial charge in [-0.1, -0.05) is 44.7 Å². The van der Waals surface area contributed by atoms with E-state index >= 15 is 0 Å². The molecule has 28 heavy (non-hydrogen) atoms. The number of nitrogens with one attached hydrogen (secondary N) is 1. The van der Waals surface area contributed by atoms with E-state index in [1.54, 1.807) is 18.2 Å². The lowest BCUT2D eigenvalue weighted by Crippen LogP contribution is -2.38. The Kier molecular flexibility index (Phi) is 7.10. The summed E-state index contributed by atoms with van der Waals surface area (Å²) in [5.41, 5.74) is 0.434. The highest BCUT2D eigenvalue weighted by Gasteiger charge is 2.21. The molecule has 5 nitrogen and oxygen atoms in total. The number of thioether (sulfide) groups is 1. The minimum Gasteiger partial charge on any atom is -0.353 e. The quantitative estimate of drug-likeness (QED) is 0.689. The monoisotopic (exact) mass is 404 g/mol. The van der Waals surface area contributed by atoms with Crippen molar-refractivity contribution in [3.63, 3.8) is 0 Å². The molecule has 0 atom stereocenters. The van der Waals surface area contributed by atoms with Crippen molar-refractivity contribution in [1.82, 2.24) is 20.1 Å². The Balaban J connectivity index is 1.68. The Morgan fingerprint density at radius 1 is 1.25 bits per heavy atom. The van der Waals surface area contributed by atoms with Crippen LogP contribution in [0, 0.1) is 17.7 Å². The molecule has 1 saturated carbocycles. The van der Waals surface area contributed by atoms with Crippen LogP contribution >= 0.6 is 11.8 Å². The van der Waals surface area contributed by atoms with Crippen LogP contribution in [0.5, 0.6) is 0 Å². The van der Waals surface area contributed by atoms with E-state index in [-0.39, 0.29) is 17.8 Å². The maximum atomic E-state index is 14.3. The Bertz CT molecular complexity index is 799. The average Bonchev–Trinajstić information content (AvgIpc) is 3.04. The van der Waals surface area contributed by atoms with Gasteiger partial charge in [0.05, 0.1) is 11.3 Å². The predicted octanol–water partition coefficient (Wildman–Crippen LogP) is 4.53. The molecule has 1 N–H and O–H groups in total. The number of hydrogen-bond acceptors (Lipinski definition) is 4. The van der Waals surface area contributed by atoms with Gasteiger partial charge in [-0.2, -0.15) is 0 Å². The first-order chi connectivity index (χ1) is 13.4. The van der Waals surface area contributed by atoms with E-state index in [9.17, 15) is 9.18 Å². The van der Waals surface area contributed by atoms with Crippen molar-refractivity contribution < 1.29 is 9.18 Å². The molecule has 0 spiro atoms. The molecule has 2 aromatic rings. The van der Waals surface area contributed by atoms with Crippen LogP contribution in [0.2, 0.25) is 0 Å². The number of carbonyl (C=O) groups is 1. The van der Waals surface area contributed by atoms with E-state index in [0.717, 1.165) is 18.8 Å². The lowest BCUT2D eigenvalue weighted by atomic mass is 9.87. The largest absolute Gasteiger partial charge is 0.353 e. The van der Waals surface area contributed by atoms with Crippen molar-refractivity contribution in [2.75, 3.05) is 5.75 Å². The van der Waals surface area contributed by atoms with Gasteiger partial charge in [-0.25, -0.2) is 4.39 Å². The molecular weight excluding hydrogens is 375 g/mol. The molecular formula is C21H29FN4OS. The highest BCUT2D eigenvalue weighted by Crippen LogP contribution is 2.27. The van der Waals surface area contributed by atoms with Crippen LogP contribution in [-0.2, 0) is 11.3 Å². The molecule has 152 valence electrons. The van der Waals surface area contributed by atoms with Gasteiger partial charge in [0.25, 0.3) is 0 Å². The van der Waals surface area contributed by atoms with E-state index in [4.69, 9.17) is 0 Å². The van der Waals surface area contributed by atoms with Crippen LogP contribution in [0.25, 0.3) is 11.4 Å². The predicted molar refractivity (Wildman–Crippen MR) is 111 cm³/mol. The summed E-state index contributed by atoms with van der Waals surface area (Å²) in [5, 5.41) is 12.3. The number of benzene rings is 1. The van der Waals surface area contributed by atoms with Gasteiger partial charge < -0.3 is 9.88 Å². The second-order valence-electron chi connectivity index (χ2n) is 8.10. The topological polar surface area (TPSA) is 59.8 Å². The standard InChI is InChI=1S/C21H29FN4OS/c1-14(2)12-26-20(17-6-4-5-7-18(17)22)24-25-21(26)28-13-19(27)23-16-10-8-15(3)9-11-16/h4-7,14-16H,8-13H2,1-3H3,(H,23,27). The molecule has 1 aromatic carbocycles. The SMILES string of the molecule is CC(C)Cn1c(SCC(=O)NC2CCC(C)CC2)nnc1-c1ccccc1F. The van der Waals surface area contributed by atoms with Crippen LogP contribution in [-0.4, -0.2) is 32.5 Å². The Morgan fingerprint density at radius 3 is 2.64 bits per heavy atom. The van der Waals surface area contributed by atoms with Crippen molar-refractivity contribution in [2.24, 2.45) is 11.8 Å². The first-order valence-electron chi connectivity index (χ1n) is 10.0. The number of nitrogens with zero attached hydrogens (tertiary/aromatic N) is 3. The first kappa shape index (κ1) is 20.8. The number of aromatic nitrogens is 3.